The average Bonchev–Trinajstić information content (AvgIpc) is 2.72. The Balaban J connectivity index is 2.29. The van der Waals surface area contributed by atoms with E-state index in [4.69, 9.17) is 4.84 Å². The van der Waals surface area contributed by atoms with Gasteiger partial charge in [-0.25, -0.2) is 4.79 Å². The van der Waals surface area contributed by atoms with Gasteiger partial charge in [0.25, 0.3) is 0 Å². The van der Waals surface area contributed by atoms with Crippen molar-refractivity contribution in [3.05, 3.63) is 64.7 Å². The lowest BCUT2D eigenvalue weighted by molar-refractivity contribution is 0.0514. The Morgan fingerprint density at radius 1 is 1.03 bits per heavy atom. The summed E-state index contributed by atoms with van der Waals surface area (Å²) in [4.78, 5) is 31.7. The minimum absolute atomic E-state index is 0.168. The number of unbranched alkanes of at least 4 members (excludes halogenated alkanes) is 3. The Morgan fingerprint density at radius 3 is 2.41 bits per heavy atom. The molecule has 0 bridgehead atoms. The molecule has 0 aliphatic rings. The van der Waals surface area contributed by atoms with Crippen LogP contribution in [0.4, 0.5) is 0 Å². The van der Waals surface area contributed by atoms with Gasteiger partial charge in [-0.3, -0.25) is 4.79 Å². The third-order valence-corrected chi connectivity index (χ3v) is 5.60. The first-order valence-electron chi connectivity index (χ1n) is 10.0. The third kappa shape index (κ3) is 6.57. The maximum absolute atomic E-state index is 13.3. The maximum Gasteiger partial charge on any atom is 0.365 e. The highest BCUT2D eigenvalue weighted by molar-refractivity contribution is 7.98. The van der Waals surface area contributed by atoms with Crippen molar-refractivity contribution in [1.82, 2.24) is 0 Å². The maximum atomic E-state index is 13.3. The second kappa shape index (κ2) is 11.6. The number of carbonyl (C=O) groups is 2. The molecule has 2 aromatic rings. The first-order chi connectivity index (χ1) is 14.0. The van der Waals surface area contributed by atoms with Gasteiger partial charge in [0, 0.05) is 10.5 Å². The highest BCUT2D eigenvalue weighted by Crippen LogP contribution is 2.27. The summed E-state index contributed by atoms with van der Waals surface area (Å²) < 4.78 is 0. The van der Waals surface area contributed by atoms with E-state index in [-0.39, 0.29) is 5.78 Å². The minimum Gasteiger partial charge on any atom is -0.312 e. The van der Waals surface area contributed by atoms with E-state index in [1.165, 1.54) is 0 Å². The third-order valence-electron chi connectivity index (χ3n) is 4.65. The number of hydrogen-bond acceptors (Lipinski definition) is 5. The number of oxime groups is 1. The van der Waals surface area contributed by atoms with Crippen molar-refractivity contribution in [1.29, 1.82) is 0 Å². The number of Topliss-reactive ketones (excluding diaryl/α,β-unsaturated/α-hetero) is 1. The van der Waals surface area contributed by atoms with Gasteiger partial charge in [0.2, 0.25) is 5.78 Å². The van der Waals surface area contributed by atoms with Crippen LogP contribution >= 0.6 is 11.8 Å². The number of rotatable bonds is 10. The summed E-state index contributed by atoms with van der Waals surface area (Å²) in [7, 11) is 0. The van der Waals surface area contributed by atoms with Crippen molar-refractivity contribution < 1.29 is 14.4 Å². The molecule has 2 aromatic carbocycles. The van der Waals surface area contributed by atoms with Crippen molar-refractivity contribution >= 4 is 29.2 Å². The number of benzene rings is 2. The van der Waals surface area contributed by atoms with Gasteiger partial charge in [-0.05, 0) is 56.7 Å². The van der Waals surface area contributed by atoms with E-state index in [0.717, 1.165) is 41.7 Å². The first-order valence-corrected chi connectivity index (χ1v) is 11.2. The normalized spacial score (nSPS) is 11.4. The van der Waals surface area contributed by atoms with Gasteiger partial charge in [0.05, 0.1) is 5.56 Å². The van der Waals surface area contributed by atoms with E-state index in [0.29, 0.717) is 23.3 Å². The van der Waals surface area contributed by atoms with Crippen LogP contribution in [0.3, 0.4) is 0 Å². The van der Waals surface area contributed by atoms with E-state index in [1.54, 1.807) is 36.0 Å². The molecule has 0 heterocycles. The molecule has 2 rings (SSSR count). The second-order valence-corrected chi connectivity index (χ2v) is 7.90. The van der Waals surface area contributed by atoms with Crippen molar-refractivity contribution in [2.75, 3.05) is 6.26 Å². The summed E-state index contributed by atoms with van der Waals surface area (Å²) in [6.07, 6.45) is 6.50. The fraction of sp³-hybridized carbons (Fsp3) is 0.375. The van der Waals surface area contributed by atoms with Crippen LogP contribution in [0.5, 0.6) is 0 Å². The molecule has 0 radical (unpaired) electrons. The molecular formula is C24H29NO3S. The molecule has 5 heteroatoms. The van der Waals surface area contributed by atoms with E-state index < -0.39 is 5.97 Å². The average molecular weight is 412 g/mol. The summed E-state index contributed by atoms with van der Waals surface area (Å²) in [5.41, 5.74) is 3.42. The van der Waals surface area contributed by atoms with Gasteiger partial charge < -0.3 is 4.84 Å². The molecule has 29 heavy (non-hydrogen) atoms. The van der Waals surface area contributed by atoms with Gasteiger partial charge in [-0.15, -0.1) is 11.8 Å². The first kappa shape index (κ1) is 22.9. The topological polar surface area (TPSA) is 55.7 Å². The Morgan fingerprint density at radius 2 is 1.76 bits per heavy atom. The molecule has 0 unspecified atom stereocenters. The zero-order valence-electron chi connectivity index (χ0n) is 17.7. The minimum atomic E-state index is -0.560. The molecule has 0 atom stereocenters. The van der Waals surface area contributed by atoms with Crippen LogP contribution in [0.15, 0.2) is 52.5 Å². The predicted octanol–water partition coefficient (Wildman–Crippen LogP) is 6.39. The highest BCUT2D eigenvalue weighted by Gasteiger charge is 2.21. The van der Waals surface area contributed by atoms with Crippen LogP contribution in [0.25, 0.3) is 0 Å². The van der Waals surface area contributed by atoms with E-state index in [9.17, 15) is 9.59 Å². The lowest BCUT2D eigenvalue weighted by Crippen LogP contribution is -2.18. The number of carbonyl (C=O) groups excluding carboxylic acids is 2. The van der Waals surface area contributed by atoms with Crippen molar-refractivity contribution in [3.8, 4) is 0 Å². The molecule has 0 fully saturated rings. The zero-order chi connectivity index (χ0) is 21.2. The molecule has 0 N–H and O–H groups in total. The lowest BCUT2D eigenvalue weighted by atomic mass is 9.98. The van der Waals surface area contributed by atoms with Crippen molar-refractivity contribution in [2.45, 2.75) is 57.8 Å². The quantitative estimate of drug-likeness (QED) is 0.113. The summed E-state index contributed by atoms with van der Waals surface area (Å²) in [5, 5.41) is 4.02. The van der Waals surface area contributed by atoms with Crippen LogP contribution < -0.4 is 0 Å². The molecule has 0 aliphatic carbocycles. The van der Waals surface area contributed by atoms with Crippen LogP contribution in [-0.4, -0.2) is 23.7 Å². The van der Waals surface area contributed by atoms with E-state index in [2.05, 4.69) is 18.1 Å². The number of ketones is 1. The zero-order valence-corrected chi connectivity index (χ0v) is 18.5. The van der Waals surface area contributed by atoms with E-state index in [1.807, 2.05) is 32.2 Å². The van der Waals surface area contributed by atoms with Crippen molar-refractivity contribution in [3.63, 3.8) is 0 Å². The molecule has 0 saturated heterocycles. The van der Waals surface area contributed by atoms with Gasteiger partial charge >= 0.3 is 5.97 Å². The number of nitrogens with zero attached hydrogens (tertiary/aromatic N) is 1. The van der Waals surface area contributed by atoms with Gasteiger partial charge in [-0.1, -0.05) is 61.2 Å². The number of aryl methyl sites for hydroxylation is 2. The molecular weight excluding hydrogens is 382 g/mol. The Bertz CT molecular complexity index is 875. The lowest BCUT2D eigenvalue weighted by Gasteiger charge is -2.12. The van der Waals surface area contributed by atoms with Gasteiger partial charge in [-0.2, -0.15) is 0 Å². The number of hydrogen-bond donors (Lipinski definition) is 0. The SMILES string of the molecule is CCCCCCC(=NOC(=O)c1ccccc1)C(=O)c1cc(C)cc(C)c1SC. The second-order valence-electron chi connectivity index (χ2n) is 7.09. The van der Waals surface area contributed by atoms with Crippen LogP contribution in [0.2, 0.25) is 0 Å². The Labute approximate surface area is 177 Å². The fourth-order valence-electron chi connectivity index (χ4n) is 3.19. The molecule has 0 aliphatic heterocycles. The van der Waals surface area contributed by atoms with Gasteiger partial charge in [0.15, 0.2) is 0 Å². The fourth-order valence-corrected chi connectivity index (χ4v) is 3.95. The van der Waals surface area contributed by atoms with E-state index >= 15 is 0 Å². The summed E-state index contributed by atoms with van der Waals surface area (Å²) >= 11 is 1.55. The summed E-state index contributed by atoms with van der Waals surface area (Å²) in [6.45, 7) is 6.12. The molecule has 0 saturated carbocycles. The number of thioether (sulfide) groups is 1. The summed E-state index contributed by atoms with van der Waals surface area (Å²) in [5.74, 6) is -0.728. The molecule has 0 amide bonds. The molecule has 154 valence electrons. The van der Waals surface area contributed by atoms with Crippen LogP contribution in [0, 0.1) is 13.8 Å². The largest absolute Gasteiger partial charge is 0.365 e. The standard InChI is InChI=1S/C24H29NO3S/c1-5-6-7-11-14-21(25-28-24(27)19-12-9-8-10-13-19)22(26)20-16-17(2)15-18(3)23(20)29-4/h8-10,12-13,15-16H,5-7,11,14H2,1-4H3. The van der Waals surface area contributed by atoms with Crippen LogP contribution in [0.1, 0.15) is 70.9 Å². The molecule has 4 nitrogen and oxygen atoms in total. The summed E-state index contributed by atoms with van der Waals surface area (Å²) in [6, 6.07) is 12.6. The predicted molar refractivity (Wildman–Crippen MR) is 120 cm³/mol. The Hall–Kier alpha value is -2.40. The monoisotopic (exact) mass is 411 g/mol. The molecule has 0 aromatic heterocycles. The van der Waals surface area contributed by atoms with Gasteiger partial charge in [0.1, 0.15) is 5.71 Å². The molecule has 0 spiro atoms. The smallest absolute Gasteiger partial charge is 0.312 e. The Kier molecular flexibility index (Phi) is 9.13. The van der Waals surface area contributed by atoms with Crippen LogP contribution in [-0.2, 0) is 4.84 Å². The highest BCUT2D eigenvalue weighted by atomic mass is 32.2. The van der Waals surface area contributed by atoms with Crippen molar-refractivity contribution in [2.24, 2.45) is 5.16 Å².